The van der Waals surface area contributed by atoms with Crippen molar-refractivity contribution in [2.75, 3.05) is 25.2 Å². The van der Waals surface area contributed by atoms with E-state index in [0.29, 0.717) is 18.6 Å². The maximum atomic E-state index is 12.9. The highest BCUT2D eigenvalue weighted by molar-refractivity contribution is 7.99. The SMILES string of the molecule is COC(=O)[C@H](Cc1ccccc1)NC(=O)NCc1ccccc1-c1ccc([C@H]2O[C@@H](CSCCO)C[C@@H](c3ccc(CO)cc3)O2)cc1. The number of hydrogen-bond acceptors (Lipinski definition) is 8. The van der Waals surface area contributed by atoms with E-state index in [0.717, 1.165) is 44.7 Å². The van der Waals surface area contributed by atoms with Crippen molar-refractivity contribution in [1.29, 1.82) is 0 Å². The van der Waals surface area contributed by atoms with E-state index in [1.165, 1.54) is 7.11 Å². The second-order valence-corrected chi connectivity index (χ2v) is 12.7. The van der Waals surface area contributed by atoms with Crippen LogP contribution in [0, 0.1) is 0 Å². The van der Waals surface area contributed by atoms with Gasteiger partial charge in [0.1, 0.15) is 6.04 Å². The van der Waals surface area contributed by atoms with E-state index in [4.69, 9.17) is 14.2 Å². The molecule has 1 fully saturated rings. The number of nitrogens with one attached hydrogen (secondary N) is 2. The molecule has 252 valence electrons. The number of benzene rings is 4. The van der Waals surface area contributed by atoms with E-state index in [-0.39, 0.29) is 32.0 Å². The van der Waals surface area contributed by atoms with Crippen LogP contribution in [0.4, 0.5) is 4.79 Å². The standard InChI is InChI=1S/C38H42N2O7S/c1-45-36(43)34(21-26-7-3-2-4-8-26)40-38(44)39-23-31-9-5-6-10-33(31)28-15-17-30(18-16-28)37-46-32(25-48-20-19-41)22-35(47-37)29-13-11-27(24-42)12-14-29/h2-18,32,34-35,37,41-42H,19-25H2,1H3,(H2,39,40,44)/t32-,34+,35+,37+/m1/s1. The maximum Gasteiger partial charge on any atom is 0.328 e. The molecule has 4 atom stereocenters. The topological polar surface area (TPSA) is 126 Å². The van der Waals surface area contributed by atoms with Crippen LogP contribution in [0.5, 0.6) is 0 Å². The summed E-state index contributed by atoms with van der Waals surface area (Å²) in [6, 6.07) is 31.8. The lowest BCUT2D eigenvalue weighted by Gasteiger charge is -2.36. The smallest absolute Gasteiger partial charge is 0.328 e. The van der Waals surface area contributed by atoms with Crippen molar-refractivity contribution in [3.8, 4) is 11.1 Å². The van der Waals surface area contributed by atoms with Crippen LogP contribution >= 0.6 is 11.8 Å². The van der Waals surface area contributed by atoms with Crippen molar-refractivity contribution >= 4 is 23.8 Å². The highest BCUT2D eigenvalue weighted by Crippen LogP contribution is 2.39. The fourth-order valence-corrected chi connectivity index (χ4v) is 6.42. The van der Waals surface area contributed by atoms with Gasteiger partial charge in [0.2, 0.25) is 0 Å². The molecule has 0 saturated carbocycles. The molecule has 0 aromatic heterocycles. The average Bonchev–Trinajstić information content (AvgIpc) is 3.14. The van der Waals surface area contributed by atoms with E-state index >= 15 is 0 Å². The third-order valence-corrected chi connectivity index (χ3v) is 9.26. The summed E-state index contributed by atoms with van der Waals surface area (Å²) in [6.45, 7) is 0.359. The zero-order valence-electron chi connectivity index (χ0n) is 26.9. The summed E-state index contributed by atoms with van der Waals surface area (Å²) in [6.07, 6.45) is 0.185. The molecular weight excluding hydrogens is 628 g/mol. The normalized spacial score (nSPS) is 18.1. The van der Waals surface area contributed by atoms with E-state index in [1.807, 2.05) is 103 Å². The summed E-state index contributed by atoms with van der Waals surface area (Å²) in [5.74, 6) is 0.872. The fraction of sp³-hybridized carbons (Fsp3) is 0.316. The molecule has 1 aliphatic rings. The van der Waals surface area contributed by atoms with Gasteiger partial charge in [-0.2, -0.15) is 11.8 Å². The highest BCUT2D eigenvalue weighted by Gasteiger charge is 2.32. The minimum atomic E-state index is -0.822. The van der Waals surface area contributed by atoms with Crippen LogP contribution in [0.3, 0.4) is 0 Å². The van der Waals surface area contributed by atoms with Crippen LogP contribution in [-0.2, 0) is 38.6 Å². The molecule has 4 aromatic carbocycles. The Morgan fingerprint density at radius 1 is 0.875 bits per heavy atom. The third-order valence-electron chi connectivity index (χ3n) is 8.18. The Kier molecular flexibility index (Phi) is 13.0. The van der Waals surface area contributed by atoms with Gasteiger partial charge in [0.05, 0.1) is 32.5 Å². The monoisotopic (exact) mass is 670 g/mol. The van der Waals surface area contributed by atoms with Crippen molar-refractivity contribution in [2.45, 2.75) is 50.5 Å². The number of aliphatic hydroxyl groups is 2. The molecule has 0 unspecified atom stereocenters. The summed E-state index contributed by atoms with van der Waals surface area (Å²) in [5, 5.41) is 24.4. The van der Waals surface area contributed by atoms with Gasteiger partial charge in [-0.15, -0.1) is 0 Å². The number of urea groups is 1. The van der Waals surface area contributed by atoms with Gasteiger partial charge < -0.3 is 35.1 Å². The number of carbonyl (C=O) groups excluding carboxylic acids is 2. The van der Waals surface area contributed by atoms with Crippen molar-refractivity contribution in [2.24, 2.45) is 0 Å². The van der Waals surface area contributed by atoms with E-state index in [1.54, 1.807) is 11.8 Å². The molecule has 0 bridgehead atoms. The van der Waals surface area contributed by atoms with Gasteiger partial charge in [-0.3, -0.25) is 0 Å². The Morgan fingerprint density at radius 2 is 1.58 bits per heavy atom. The number of rotatable bonds is 14. The number of thioether (sulfide) groups is 1. The zero-order valence-corrected chi connectivity index (χ0v) is 27.7. The number of hydrogen-bond donors (Lipinski definition) is 4. The number of carbonyl (C=O) groups is 2. The van der Waals surface area contributed by atoms with E-state index in [9.17, 15) is 19.8 Å². The summed E-state index contributed by atoms with van der Waals surface area (Å²) in [4.78, 5) is 25.3. The first-order valence-electron chi connectivity index (χ1n) is 16.0. The molecule has 1 aliphatic heterocycles. The lowest BCUT2D eigenvalue weighted by molar-refractivity contribution is -0.245. The van der Waals surface area contributed by atoms with Crippen LogP contribution in [-0.4, -0.2) is 59.6 Å². The Hall–Kier alpha value is -4.19. The fourth-order valence-electron chi connectivity index (χ4n) is 5.65. The number of ether oxygens (including phenoxy) is 3. The second kappa shape index (κ2) is 17.8. The minimum Gasteiger partial charge on any atom is -0.467 e. The molecule has 2 amide bonds. The van der Waals surface area contributed by atoms with Gasteiger partial charge in [0.15, 0.2) is 6.29 Å². The predicted octanol–water partition coefficient (Wildman–Crippen LogP) is 5.70. The molecule has 1 saturated heterocycles. The molecule has 4 N–H and O–H groups in total. The summed E-state index contributed by atoms with van der Waals surface area (Å²) >= 11 is 1.65. The first kappa shape index (κ1) is 35.1. The summed E-state index contributed by atoms with van der Waals surface area (Å²) in [7, 11) is 1.31. The third kappa shape index (κ3) is 9.68. The first-order chi connectivity index (χ1) is 23.5. The molecule has 0 radical (unpaired) electrons. The molecular formula is C38H42N2O7S. The predicted molar refractivity (Wildman–Crippen MR) is 186 cm³/mol. The van der Waals surface area contributed by atoms with Gasteiger partial charge in [-0.1, -0.05) is 103 Å². The Labute approximate surface area is 285 Å². The number of methoxy groups -OCH3 is 1. The van der Waals surface area contributed by atoms with E-state index in [2.05, 4.69) is 10.6 Å². The maximum absolute atomic E-state index is 12.9. The van der Waals surface area contributed by atoms with Crippen LogP contribution in [0.25, 0.3) is 11.1 Å². The molecule has 48 heavy (non-hydrogen) atoms. The number of aliphatic hydroxyl groups excluding tert-OH is 2. The quantitative estimate of drug-likeness (QED) is 0.0995. The molecule has 0 aliphatic carbocycles. The Bertz CT molecular complexity index is 1600. The molecule has 4 aromatic rings. The second-order valence-electron chi connectivity index (χ2n) is 11.5. The first-order valence-corrected chi connectivity index (χ1v) is 17.2. The van der Waals surface area contributed by atoms with Crippen molar-refractivity contribution < 1.29 is 34.0 Å². The van der Waals surface area contributed by atoms with E-state index < -0.39 is 24.3 Å². The van der Waals surface area contributed by atoms with Crippen LogP contribution in [0.2, 0.25) is 0 Å². The molecule has 0 spiro atoms. The minimum absolute atomic E-state index is 0.0126. The lowest BCUT2D eigenvalue weighted by atomic mass is 9.98. The van der Waals surface area contributed by atoms with Gasteiger partial charge in [0.25, 0.3) is 0 Å². The Balaban J connectivity index is 1.26. The van der Waals surface area contributed by atoms with Gasteiger partial charge in [-0.05, 0) is 33.4 Å². The highest BCUT2D eigenvalue weighted by atomic mass is 32.2. The molecule has 1 heterocycles. The van der Waals surface area contributed by atoms with Gasteiger partial charge >= 0.3 is 12.0 Å². The van der Waals surface area contributed by atoms with Crippen LogP contribution < -0.4 is 10.6 Å². The average molecular weight is 671 g/mol. The van der Waals surface area contributed by atoms with Crippen LogP contribution in [0.15, 0.2) is 103 Å². The number of amides is 2. The summed E-state index contributed by atoms with van der Waals surface area (Å²) < 4.78 is 17.8. The van der Waals surface area contributed by atoms with Crippen molar-refractivity contribution in [3.63, 3.8) is 0 Å². The molecule has 9 nitrogen and oxygen atoms in total. The van der Waals surface area contributed by atoms with Crippen molar-refractivity contribution in [1.82, 2.24) is 10.6 Å². The molecule has 10 heteroatoms. The summed E-state index contributed by atoms with van der Waals surface area (Å²) in [5.41, 5.74) is 6.51. The zero-order chi connectivity index (χ0) is 33.7. The lowest BCUT2D eigenvalue weighted by Crippen LogP contribution is -2.47. The Morgan fingerprint density at radius 3 is 2.29 bits per heavy atom. The van der Waals surface area contributed by atoms with Crippen LogP contribution in [0.1, 0.15) is 46.6 Å². The largest absolute Gasteiger partial charge is 0.467 e. The van der Waals surface area contributed by atoms with Crippen molar-refractivity contribution in [3.05, 3.63) is 131 Å². The molecule has 5 rings (SSSR count). The van der Waals surface area contributed by atoms with Gasteiger partial charge in [-0.25, -0.2) is 9.59 Å². The van der Waals surface area contributed by atoms with Gasteiger partial charge in [0, 0.05) is 36.5 Å². The number of esters is 1.